The standard InChI is InChI=1S/C16H28N4S/c1-6-9-17-12-10-13(18-11-16(21-5)7-8-16)20-14(19-12)15(2,3)4/h10H,6-9,11H2,1-5H3,(H2,17,18,19,20). The fourth-order valence-electron chi connectivity index (χ4n) is 2.06. The highest BCUT2D eigenvalue weighted by atomic mass is 32.2. The summed E-state index contributed by atoms with van der Waals surface area (Å²) in [6.07, 6.45) is 5.90. The molecule has 1 aliphatic carbocycles. The Morgan fingerprint density at radius 3 is 2.29 bits per heavy atom. The molecule has 21 heavy (non-hydrogen) atoms. The number of nitrogens with one attached hydrogen (secondary N) is 2. The Labute approximate surface area is 132 Å². The van der Waals surface area contributed by atoms with Crippen molar-refractivity contribution < 1.29 is 0 Å². The maximum absolute atomic E-state index is 4.71. The summed E-state index contributed by atoms with van der Waals surface area (Å²) in [4.78, 5) is 9.36. The summed E-state index contributed by atoms with van der Waals surface area (Å²) >= 11 is 1.96. The van der Waals surface area contributed by atoms with E-state index in [0.29, 0.717) is 4.75 Å². The predicted molar refractivity (Wildman–Crippen MR) is 93.5 cm³/mol. The van der Waals surface area contributed by atoms with Crippen LogP contribution in [0.5, 0.6) is 0 Å². The van der Waals surface area contributed by atoms with Crippen LogP contribution >= 0.6 is 11.8 Å². The quantitative estimate of drug-likeness (QED) is 0.800. The lowest BCUT2D eigenvalue weighted by atomic mass is 9.96. The summed E-state index contributed by atoms with van der Waals surface area (Å²) in [6, 6.07) is 2.03. The van der Waals surface area contributed by atoms with Crippen LogP contribution < -0.4 is 10.6 Å². The van der Waals surface area contributed by atoms with Crippen molar-refractivity contribution in [3.8, 4) is 0 Å². The largest absolute Gasteiger partial charge is 0.370 e. The summed E-state index contributed by atoms with van der Waals surface area (Å²) < 4.78 is 0.434. The minimum Gasteiger partial charge on any atom is -0.370 e. The smallest absolute Gasteiger partial charge is 0.138 e. The van der Waals surface area contributed by atoms with Gasteiger partial charge in [0.05, 0.1) is 0 Å². The third-order valence-corrected chi connectivity index (χ3v) is 5.20. The van der Waals surface area contributed by atoms with Crippen molar-refractivity contribution in [3.63, 3.8) is 0 Å². The molecule has 1 saturated carbocycles. The molecule has 0 saturated heterocycles. The second kappa shape index (κ2) is 6.42. The van der Waals surface area contributed by atoms with E-state index in [4.69, 9.17) is 4.98 Å². The van der Waals surface area contributed by atoms with Gasteiger partial charge in [0.1, 0.15) is 17.5 Å². The van der Waals surface area contributed by atoms with E-state index in [1.165, 1.54) is 12.8 Å². The minimum atomic E-state index is -0.0445. The van der Waals surface area contributed by atoms with Crippen LogP contribution in [0.4, 0.5) is 11.6 Å². The van der Waals surface area contributed by atoms with Crippen molar-refractivity contribution in [2.24, 2.45) is 0 Å². The first-order valence-electron chi connectivity index (χ1n) is 7.81. The minimum absolute atomic E-state index is 0.0445. The molecule has 0 aliphatic heterocycles. The number of nitrogens with zero attached hydrogens (tertiary/aromatic N) is 2. The molecule has 0 radical (unpaired) electrons. The van der Waals surface area contributed by atoms with Crippen LogP contribution in [-0.4, -0.2) is 34.1 Å². The molecule has 0 aromatic carbocycles. The van der Waals surface area contributed by atoms with E-state index in [0.717, 1.165) is 37.0 Å². The summed E-state index contributed by atoms with van der Waals surface area (Å²) in [5.74, 6) is 2.75. The van der Waals surface area contributed by atoms with Gasteiger partial charge in [-0.15, -0.1) is 0 Å². The van der Waals surface area contributed by atoms with E-state index in [9.17, 15) is 0 Å². The molecule has 1 aromatic rings. The zero-order valence-electron chi connectivity index (χ0n) is 13.9. The molecule has 5 heteroatoms. The number of anilines is 2. The Kier molecular flexibility index (Phi) is 5.02. The molecule has 1 fully saturated rings. The second-order valence-electron chi connectivity index (χ2n) is 6.88. The molecule has 1 heterocycles. The molecule has 0 amide bonds. The average Bonchev–Trinajstić information content (AvgIpc) is 3.22. The molecular weight excluding hydrogens is 280 g/mol. The Morgan fingerprint density at radius 1 is 1.19 bits per heavy atom. The zero-order valence-corrected chi connectivity index (χ0v) is 14.7. The van der Waals surface area contributed by atoms with Gasteiger partial charge in [-0.2, -0.15) is 11.8 Å². The van der Waals surface area contributed by atoms with Gasteiger partial charge in [0.25, 0.3) is 0 Å². The monoisotopic (exact) mass is 308 g/mol. The van der Waals surface area contributed by atoms with Gasteiger partial charge in [-0.3, -0.25) is 0 Å². The van der Waals surface area contributed by atoms with Gasteiger partial charge < -0.3 is 10.6 Å². The van der Waals surface area contributed by atoms with Crippen molar-refractivity contribution >= 4 is 23.4 Å². The van der Waals surface area contributed by atoms with Gasteiger partial charge in [-0.25, -0.2) is 9.97 Å². The molecule has 4 nitrogen and oxygen atoms in total. The van der Waals surface area contributed by atoms with Crippen LogP contribution in [-0.2, 0) is 5.41 Å². The number of hydrogen-bond acceptors (Lipinski definition) is 5. The maximum Gasteiger partial charge on any atom is 0.138 e. The molecule has 0 atom stereocenters. The highest BCUT2D eigenvalue weighted by Gasteiger charge is 2.41. The molecule has 1 aromatic heterocycles. The topological polar surface area (TPSA) is 49.8 Å². The van der Waals surface area contributed by atoms with Crippen LogP contribution in [0.1, 0.15) is 52.8 Å². The average molecular weight is 308 g/mol. The van der Waals surface area contributed by atoms with Gasteiger partial charge in [0.15, 0.2) is 0 Å². The normalized spacial score (nSPS) is 16.6. The van der Waals surface area contributed by atoms with Gasteiger partial charge in [-0.1, -0.05) is 27.7 Å². The Morgan fingerprint density at radius 2 is 1.81 bits per heavy atom. The van der Waals surface area contributed by atoms with Crippen LogP contribution in [0.2, 0.25) is 0 Å². The van der Waals surface area contributed by atoms with Gasteiger partial charge in [0.2, 0.25) is 0 Å². The lowest BCUT2D eigenvalue weighted by Crippen LogP contribution is -2.22. The van der Waals surface area contributed by atoms with Crippen LogP contribution in [0, 0.1) is 0 Å². The predicted octanol–water partition coefficient (Wildman–Crippen LogP) is 3.90. The number of aromatic nitrogens is 2. The molecule has 0 unspecified atom stereocenters. The van der Waals surface area contributed by atoms with Crippen molar-refractivity contribution in [1.82, 2.24) is 9.97 Å². The Hall–Kier alpha value is -0.970. The highest BCUT2D eigenvalue weighted by molar-refractivity contribution is 8.00. The van der Waals surface area contributed by atoms with Crippen molar-refractivity contribution in [2.75, 3.05) is 30.0 Å². The third-order valence-electron chi connectivity index (χ3n) is 3.79. The van der Waals surface area contributed by atoms with Gasteiger partial charge >= 0.3 is 0 Å². The first-order valence-corrected chi connectivity index (χ1v) is 9.03. The zero-order chi connectivity index (χ0) is 15.5. The fraction of sp³-hybridized carbons (Fsp3) is 0.750. The van der Waals surface area contributed by atoms with E-state index >= 15 is 0 Å². The van der Waals surface area contributed by atoms with Crippen molar-refractivity contribution in [2.45, 2.75) is 57.1 Å². The van der Waals surface area contributed by atoms with Crippen LogP contribution in [0.25, 0.3) is 0 Å². The lowest BCUT2D eigenvalue weighted by molar-refractivity contribution is 0.546. The van der Waals surface area contributed by atoms with Gasteiger partial charge in [0, 0.05) is 29.3 Å². The summed E-state index contributed by atoms with van der Waals surface area (Å²) in [5.41, 5.74) is -0.0445. The fourth-order valence-corrected chi connectivity index (χ4v) is 2.79. The van der Waals surface area contributed by atoms with Crippen molar-refractivity contribution in [1.29, 1.82) is 0 Å². The van der Waals surface area contributed by atoms with Crippen molar-refractivity contribution in [3.05, 3.63) is 11.9 Å². The number of thioether (sulfide) groups is 1. The third kappa shape index (κ3) is 4.50. The van der Waals surface area contributed by atoms with E-state index < -0.39 is 0 Å². The molecule has 2 rings (SSSR count). The number of hydrogen-bond donors (Lipinski definition) is 2. The van der Waals surface area contributed by atoms with Crippen LogP contribution in [0.3, 0.4) is 0 Å². The molecule has 0 bridgehead atoms. The summed E-state index contributed by atoms with van der Waals surface area (Å²) in [6.45, 7) is 10.5. The summed E-state index contributed by atoms with van der Waals surface area (Å²) in [5, 5.41) is 6.89. The summed E-state index contributed by atoms with van der Waals surface area (Å²) in [7, 11) is 0. The first-order chi connectivity index (χ1) is 9.88. The van der Waals surface area contributed by atoms with E-state index in [1.807, 2.05) is 17.8 Å². The van der Waals surface area contributed by atoms with Gasteiger partial charge in [-0.05, 0) is 25.5 Å². The molecule has 1 aliphatic rings. The molecular formula is C16H28N4S. The molecule has 118 valence electrons. The SMILES string of the molecule is CCCNc1cc(NCC2(SC)CC2)nc(C(C)(C)C)n1. The lowest BCUT2D eigenvalue weighted by Gasteiger charge is -2.20. The Balaban J connectivity index is 2.14. The number of rotatable bonds is 7. The second-order valence-corrected chi connectivity index (χ2v) is 8.15. The maximum atomic E-state index is 4.71. The van der Waals surface area contributed by atoms with E-state index in [-0.39, 0.29) is 5.41 Å². The van der Waals surface area contributed by atoms with E-state index in [1.54, 1.807) is 0 Å². The molecule has 2 N–H and O–H groups in total. The molecule has 0 spiro atoms. The van der Waals surface area contributed by atoms with E-state index in [2.05, 4.69) is 49.6 Å². The first kappa shape index (κ1) is 16.4. The highest BCUT2D eigenvalue weighted by Crippen LogP contribution is 2.47. The van der Waals surface area contributed by atoms with Crippen LogP contribution in [0.15, 0.2) is 6.07 Å². The Bertz CT molecular complexity index is 478.